The molecule has 7 nitrogen and oxygen atoms in total. The summed E-state index contributed by atoms with van der Waals surface area (Å²) >= 11 is 0. The molecule has 1 aromatic heterocycles. The topological polar surface area (TPSA) is 81.0 Å². The first-order valence-corrected chi connectivity index (χ1v) is 9.28. The number of para-hydroxylation sites is 2. The van der Waals surface area contributed by atoms with Crippen LogP contribution >= 0.6 is 0 Å². The Kier molecular flexibility index (Phi) is 5.63. The number of furan rings is 1. The van der Waals surface area contributed by atoms with Gasteiger partial charge < -0.3 is 24.1 Å². The van der Waals surface area contributed by atoms with Crippen LogP contribution in [0.15, 0.2) is 47.1 Å². The lowest BCUT2D eigenvalue weighted by Gasteiger charge is -2.34. The van der Waals surface area contributed by atoms with E-state index in [0.717, 1.165) is 0 Å². The lowest BCUT2D eigenvalue weighted by molar-refractivity contribution is -0.149. The van der Waals surface area contributed by atoms with Gasteiger partial charge >= 0.3 is 0 Å². The molecule has 2 aromatic rings. The van der Waals surface area contributed by atoms with Gasteiger partial charge in [0.2, 0.25) is 12.0 Å². The van der Waals surface area contributed by atoms with Gasteiger partial charge in [-0.3, -0.25) is 9.59 Å². The zero-order valence-corrected chi connectivity index (χ0v) is 16.6. The van der Waals surface area contributed by atoms with E-state index < -0.39 is 17.7 Å². The van der Waals surface area contributed by atoms with Crippen molar-refractivity contribution in [3.63, 3.8) is 0 Å². The van der Waals surface area contributed by atoms with Crippen molar-refractivity contribution in [3.05, 3.63) is 48.4 Å². The molecular weight excluding hydrogens is 360 g/mol. The fourth-order valence-electron chi connectivity index (χ4n) is 2.92. The van der Waals surface area contributed by atoms with Crippen LogP contribution in [0.25, 0.3) is 0 Å². The van der Waals surface area contributed by atoms with Crippen molar-refractivity contribution in [3.8, 4) is 11.5 Å². The molecule has 0 bridgehead atoms. The van der Waals surface area contributed by atoms with Crippen molar-refractivity contribution in [1.82, 2.24) is 10.2 Å². The number of nitrogens with one attached hydrogen (secondary N) is 1. The van der Waals surface area contributed by atoms with Crippen molar-refractivity contribution in [2.24, 2.45) is 0 Å². The van der Waals surface area contributed by atoms with Crippen molar-refractivity contribution in [2.45, 2.75) is 51.9 Å². The molecule has 0 radical (unpaired) electrons. The van der Waals surface area contributed by atoms with Crippen LogP contribution in [0.4, 0.5) is 0 Å². The van der Waals surface area contributed by atoms with E-state index in [0.29, 0.717) is 17.3 Å². The zero-order chi connectivity index (χ0) is 20.3. The highest BCUT2D eigenvalue weighted by Crippen LogP contribution is 2.31. The van der Waals surface area contributed by atoms with E-state index in [-0.39, 0.29) is 25.0 Å². The molecule has 0 spiro atoms. The van der Waals surface area contributed by atoms with Crippen molar-refractivity contribution < 1.29 is 23.5 Å². The maximum Gasteiger partial charge on any atom is 0.268 e. The summed E-state index contributed by atoms with van der Waals surface area (Å²) in [6.45, 7) is 7.62. The van der Waals surface area contributed by atoms with Crippen LogP contribution in [0, 0.1) is 0 Å². The monoisotopic (exact) mass is 386 g/mol. The average Bonchev–Trinajstić information content (AvgIpc) is 3.16. The van der Waals surface area contributed by atoms with Crippen molar-refractivity contribution in [1.29, 1.82) is 0 Å². The van der Waals surface area contributed by atoms with E-state index in [1.807, 2.05) is 32.9 Å². The van der Waals surface area contributed by atoms with Gasteiger partial charge in [-0.15, -0.1) is 0 Å². The molecule has 1 aliphatic heterocycles. The molecular formula is C21H26N2O5. The lowest BCUT2D eigenvalue weighted by atomic mass is 10.1. The smallest absolute Gasteiger partial charge is 0.268 e. The number of nitrogens with zero attached hydrogens (tertiary/aromatic N) is 1. The quantitative estimate of drug-likeness (QED) is 0.855. The zero-order valence-electron chi connectivity index (χ0n) is 16.6. The highest BCUT2D eigenvalue weighted by atomic mass is 16.6. The number of carbonyl (C=O) groups is 2. The van der Waals surface area contributed by atoms with E-state index in [1.54, 1.807) is 31.2 Å². The fraction of sp³-hybridized carbons (Fsp3) is 0.429. The average molecular weight is 386 g/mol. The van der Waals surface area contributed by atoms with Gasteiger partial charge in [-0.05, 0) is 52.0 Å². The van der Waals surface area contributed by atoms with Crippen LogP contribution in [-0.2, 0) is 16.1 Å². The molecule has 2 atom stereocenters. The Morgan fingerprint density at radius 1 is 1.18 bits per heavy atom. The van der Waals surface area contributed by atoms with Gasteiger partial charge in [-0.25, -0.2) is 0 Å². The molecule has 3 rings (SSSR count). The van der Waals surface area contributed by atoms with Gasteiger partial charge in [0.1, 0.15) is 18.4 Å². The van der Waals surface area contributed by atoms with Gasteiger partial charge in [0, 0.05) is 5.54 Å². The Hall–Kier alpha value is -2.96. The van der Waals surface area contributed by atoms with E-state index in [1.165, 1.54) is 11.2 Å². The molecule has 7 heteroatoms. The molecule has 28 heavy (non-hydrogen) atoms. The van der Waals surface area contributed by atoms with Crippen LogP contribution in [0.1, 0.15) is 33.5 Å². The third-order valence-corrected chi connectivity index (χ3v) is 4.32. The van der Waals surface area contributed by atoms with E-state index in [9.17, 15) is 9.59 Å². The molecule has 1 aromatic carbocycles. The number of amides is 2. The standard InChI is InChI=1S/C21H26N2O5/c1-14(19(24)22-21(2,3)4)23(12-15-8-7-11-26-15)20(25)18-13-27-16-9-5-6-10-17(16)28-18/h5-11,14,18H,12-13H2,1-4H3,(H,22,24)/t14-,18-/m0/s1. The molecule has 0 saturated carbocycles. The second-order valence-electron chi connectivity index (χ2n) is 7.82. The normalized spacial score (nSPS) is 16.9. The predicted molar refractivity (Wildman–Crippen MR) is 103 cm³/mol. The Morgan fingerprint density at radius 3 is 2.54 bits per heavy atom. The molecule has 0 fully saturated rings. The van der Waals surface area contributed by atoms with Crippen LogP contribution in [-0.4, -0.2) is 41.0 Å². The largest absolute Gasteiger partial charge is 0.485 e. The SMILES string of the molecule is C[C@@H](C(=O)NC(C)(C)C)N(Cc1ccco1)C(=O)[C@@H]1COc2ccccc2O1. The van der Waals surface area contributed by atoms with Gasteiger partial charge in [-0.1, -0.05) is 12.1 Å². The molecule has 1 N–H and O–H groups in total. The molecule has 2 amide bonds. The van der Waals surface area contributed by atoms with E-state index in [4.69, 9.17) is 13.9 Å². The fourth-order valence-corrected chi connectivity index (χ4v) is 2.92. The summed E-state index contributed by atoms with van der Waals surface area (Å²) in [4.78, 5) is 27.4. The number of ether oxygens (including phenoxy) is 2. The Balaban J connectivity index is 1.80. The number of benzene rings is 1. The predicted octanol–water partition coefficient (Wildman–Crippen LogP) is 2.75. The second kappa shape index (κ2) is 7.96. The first-order chi connectivity index (χ1) is 13.2. The third-order valence-electron chi connectivity index (χ3n) is 4.32. The number of hydrogen-bond acceptors (Lipinski definition) is 5. The minimum absolute atomic E-state index is 0.0815. The summed E-state index contributed by atoms with van der Waals surface area (Å²) < 4.78 is 16.9. The van der Waals surface area contributed by atoms with Crippen LogP contribution < -0.4 is 14.8 Å². The number of rotatable bonds is 5. The minimum Gasteiger partial charge on any atom is -0.485 e. The molecule has 1 aliphatic rings. The molecule has 0 unspecified atom stereocenters. The lowest BCUT2D eigenvalue weighted by Crippen LogP contribution is -2.55. The highest BCUT2D eigenvalue weighted by Gasteiger charge is 2.36. The Bertz CT molecular complexity index is 826. The maximum atomic E-state index is 13.2. The number of hydrogen-bond donors (Lipinski definition) is 1. The summed E-state index contributed by atoms with van der Waals surface area (Å²) in [5.74, 6) is 1.12. The third kappa shape index (κ3) is 4.65. The van der Waals surface area contributed by atoms with Crippen molar-refractivity contribution >= 4 is 11.8 Å². The second-order valence-corrected chi connectivity index (χ2v) is 7.82. The van der Waals surface area contributed by atoms with E-state index in [2.05, 4.69) is 5.32 Å². The maximum absolute atomic E-state index is 13.2. The van der Waals surface area contributed by atoms with Gasteiger partial charge in [0.05, 0.1) is 12.8 Å². The summed E-state index contributed by atoms with van der Waals surface area (Å²) in [6.07, 6.45) is 0.698. The van der Waals surface area contributed by atoms with Gasteiger partial charge in [-0.2, -0.15) is 0 Å². The van der Waals surface area contributed by atoms with Crippen LogP contribution in [0.3, 0.4) is 0 Å². The van der Waals surface area contributed by atoms with Gasteiger partial charge in [0.15, 0.2) is 11.5 Å². The van der Waals surface area contributed by atoms with Crippen LogP contribution in [0.5, 0.6) is 11.5 Å². The Labute approximate surface area is 164 Å². The summed E-state index contributed by atoms with van der Waals surface area (Å²) in [6, 6.07) is 9.99. The first-order valence-electron chi connectivity index (χ1n) is 9.28. The molecule has 0 aliphatic carbocycles. The summed E-state index contributed by atoms with van der Waals surface area (Å²) in [7, 11) is 0. The van der Waals surface area contributed by atoms with Crippen molar-refractivity contribution in [2.75, 3.05) is 6.61 Å². The Morgan fingerprint density at radius 2 is 1.89 bits per heavy atom. The first kappa shape index (κ1) is 19.8. The molecule has 2 heterocycles. The minimum atomic E-state index is -0.838. The molecule has 150 valence electrons. The number of fused-ring (bicyclic) bond motifs is 1. The number of carbonyl (C=O) groups excluding carboxylic acids is 2. The summed E-state index contributed by atoms with van der Waals surface area (Å²) in [5, 5.41) is 2.92. The highest BCUT2D eigenvalue weighted by molar-refractivity contribution is 5.89. The summed E-state index contributed by atoms with van der Waals surface area (Å²) in [5.41, 5.74) is -0.409. The van der Waals surface area contributed by atoms with Gasteiger partial charge in [0.25, 0.3) is 5.91 Å². The van der Waals surface area contributed by atoms with Crippen LogP contribution in [0.2, 0.25) is 0 Å². The van der Waals surface area contributed by atoms with E-state index >= 15 is 0 Å². The molecule has 0 saturated heterocycles.